The average Bonchev–Trinajstić information content (AvgIpc) is 2.99. The second-order valence-corrected chi connectivity index (χ2v) is 7.81. The van der Waals surface area contributed by atoms with Gasteiger partial charge in [0.25, 0.3) is 0 Å². The number of aryl methyl sites for hydroxylation is 1. The van der Waals surface area contributed by atoms with E-state index in [0.717, 1.165) is 11.1 Å². The number of hydrogen-bond donors (Lipinski definition) is 0. The summed E-state index contributed by atoms with van der Waals surface area (Å²) >= 11 is 6.05. The minimum absolute atomic E-state index is 0.0207. The number of benzene rings is 2. The van der Waals surface area contributed by atoms with Gasteiger partial charge in [-0.25, -0.2) is 0 Å². The maximum absolute atomic E-state index is 12.6. The SMILES string of the molecule is CCc1cc(OS(=O)(=O)c2ccc3c(c2)N(C(C)=O)CC3)ccc1Cl. The second kappa shape index (κ2) is 6.69. The summed E-state index contributed by atoms with van der Waals surface area (Å²) < 4.78 is 30.5. The lowest BCUT2D eigenvalue weighted by Gasteiger charge is -2.16. The topological polar surface area (TPSA) is 63.7 Å². The predicted molar refractivity (Wildman–Crippen MR) is 96.8 cm³/mol. The Morgan fingerprint density at radius 1 is 1.24 bits per heavy atom. The van der Waals surface area contributed by atoms with Crippen LogP contribution in [-0.4, -0.2) is 20.9 Å². The standard InChI is InChI=1S/C18H18ClNO4S/c1-3-13-10-15(5-7-17(13)19)24-25(22,23)16-6-4-14-8-9-20(12(2)21)18(14)11-16/h4-7,10-11H,3,8-9H2,1-2H3. The van der Waals surface area contributed by atoms with E-state index < -0.39 is 10.1 Å². The molecule has 0 saturated carbocycles. The minimum Gasteiger partial charge on any atom is -0.379 e. The highest BCUT2D eigenvalue weighted by Crippen LogP contribution is 2.32. The van der Waals surface area contributed by atoms with Gasteiger partial charge in [-0.05, 0) is 54.3 Å². The van der Waals surface area contributed by atoms with Crippen LogP contribution >= 0.6 is 11.6 Å². The van der Waals surface area contributed by atoms with Crippen LogP contribution in [0, 0.1) is 0 Å². The quantitative estimate of drug-likeness (QED) is 0.762. The molecule has 1 aliphatic heterocycles. The van der Waals surface area contributed by atoms with E-state index in [1.807, 2.05) is 6.92 Å². The number of hydrogen-bond acceptors (Lipinski definition) is 4. The van der Waals surface area contributed by atoms with E-state index in [1.54, 1.807) is 23.1 Å². The van der Waals surface area contributed by atoms with E-state index in [2.05, 4.69) is 0 Å². The lowest BCUT2D eigenvalue weighted by molar-refractivity contribution is -0.116. The summed E-state index contributed by atoms with van der Waals surface area (Å²) in [5, 5.41) is 0.571. The van der Waals surface area contributed by atoms with Crippen LogP contribution in [0.4, 0.5) is 5.69 Å². The first-order chi connectivity index (χ1) is 11.8. The van der Waals surface area contributed by atoms with Gasteiger partial charge < -0.3 is 9.08 Å². The number of nitrogens with zero attached hydrogens (tertiary/aromatic N) is 1. The first-order valence-corrected chi connectivity index (χ1v) is 9.74. The zero-order valence-corrected chi connectivity index (χ0v) is 15.5. The third kappa shape index (κ3) is 3.50. The molecule has 0 aromatic heterocycles. The van der Waals surface area contributed by atoms with Crippen molar-refractivity contribution in [2.45, 2.75) is 31.6 Å². The molecule has 0 bridgehead atoms. The van der Waals surface area contributed by atoms with Crippen LogP contribution in [0.1, 0.15) is 25.0 Å². The summed E-state index contributed by atoms with van der Waals surface area (Å²) in [6.07, 6.45) is 1.38. The molecule has 0 N–H and O–H groups in total. The van der Waals surface area contributed by atoms with Crippen molar-refractivity contribution in [3.8, 4) is 5.75 Å². The van der Waals surface area contributed by atoms with Gasteiger partial charge in [0.15, 0.2) is 0 Å². The largest absolute Gasteiger partial charge is 0.379 e. The molecule has 7 heteroatoms. The zero-order chi connectivity index (χ0) is 18.2. The molecule has 0 fully saturated rings. The van der Waals surface area contributed by atoms with Crippen LogP contribution in [-0.2, 0) is 27.8 Å². The van der Waals surface area contributed by atoms with Gasteiger partial charge in [-0.3, -0.25) is 4.79 Å². The van der Waals surface area contributed by atoms with Gasteiger partial charge in [-0.2, -0.15) is 8.42 Å². The van der Waals surface area contributed by atoms with Gasteiger partial charge >= 0.3 is 10.1 Å². The molecule has 5 nitrogen and oxygen atoms in total. The molecular formula is C18H18ClNO4S. The fraction of sp³-hybridized carbons (Fsp3) is 0.278. The first-order valence-electron chi connectivity index (χ1n) is 7.96. The second-order valence-electron chi connectivity index (χ2n) is 5.86. The van der Waals surface area contributed by atoms with E-state index in [0.29, 0.717) is 30.1 Å². The van der Waals surface area contributed by atoms with E-state index >= 15 is 0 Å². The van der Waals surface area contributed by atoms with Gasteiger partial charge in [0.2, 0.25) is 5.91 Å². The van der Waals surface area contributed by atoms with Crippen LogP contribution < -0.4 is 9.08 Å². The van der Waals surface area contributed by atoms with Crippen LogP contribution in [0.5, 0.6) is 5.75 Å². The third-order valence-corrected chi connectivity index (χ3v) is 5.84. The van der Waals surface area contributed by atoms with Gasteiger partial charge in [0.1, 0.15) is 10.6 Å². The predicted octanol–water partition coefficient (Wildman–Crippen LogP) is 3.58. The van der Waals surface area contributed by atoms with Crippen LogP contribution in [0.25, 0.3) is 0 Å². The molecule has 0 unspecified atom stereocenters. The molecule has 132 valence electrons. The molecule has 2 aromatic carbocycles. The molecule has 0 atom stereocenters. The van der Waals surface area contributed by atoms with Crippen LogP contribution in [0.2, 0.25) is 5.02 Å². The van der Waals surface area contributed by atoms with Crippen molar-refractivity contribution in [3.05, 3.63) is 52.5 Å². The molecule has 2 aromatic rings. The van der Waals surface area contributed by atoms with E-state index in [9.17, 15) is 13.2 Å². The van der Waals surface area contributed by atoms with Crippen molar-refractivity contribution in [2.24, 2.45) is 0 Å². The zero-order valence-electron chi connectivity index (χ0n) is 14.0. The fourth-order valence-corrected chi connectivity index (χ4v) is 4.09. The first kappa shape index (κ1) is 17.8. The number of fused-ring (bicyclic) bond motifs is 1. The summed E-state index contributed by atoms with van der Waals surface area (Å²) in [5.74, 6) is 0.102. The third-order valence-electron chi connectivity index (χ3n) is 4.23. The molecule has 3 rings (SSSR count). The number of halogens is 1. The number of anilines is 1. The molecule has 1 heterocycles. The Kier molecular flexibility index (Phi) is 4.75. The summed E-state index contributed by atoms with van der Waals surface area (Å²) in [6, 6.07) is 9.49. The molecule has 25 heavy (non-hydrogen) atoms. The van der Waals surface area contributed by atoms with Gasteiger partial charge in [0, 0.05) is 24.2 Å². The molecule has 0 spiro atoms. The molecule has 1 amide bonds. The minimum atomic E-state index is -4.00. The van der Waals surface area contributed by atoms with E-state index in [4.69, 9.17) is 15.8 Å². The Hall–Kier alpha value is -2.05. The van der Waals surface area contributed by atoms with Gasteiger partial charge in [-0.1, -0.05) is 24.6 Å². The Morgan fingerprint density at radius 3 is 2.68 bits per heavy atom. The van der Waals surface area contributed by atoms with E-state index in [-0.39, 0.29) is 16.6 Å². The number of carbonyl (C=O) groups excluding carboxylic acids is 1. The molecule has 0 aliphatic carbocycles. The van der Waals surface area contributed by atoms with Crippen molar-refractivity contribution >= 4 is 33.3 Å². The van der Waals surface area contributed by atoms with Crippen LogP contribution in [0.3, 0.4) is 0 Å². The van der Waals surface area contributed by atoms with E-state index in [1.165, 1.54) is 25.1 Å². The highest BCUT2D eigenvalue weighted by molar-refractivity contribution is 7.87. The van der Waals surface area contributed by atoms with Crippen molar-refractivity contribution in [3.63, 3.8) is 0 Å². The summed E-state index contributed by atoms with van der Waals surface area (Å²) in [5.41, 5.74) is 2.39. The van der Waals surface area contributed by atoms with Crippen molar-refractivity contribution in [2.75, 3.05) is 11.4 Å². The summed E-state index contributed by atoms with van der Waals surface area (Å²) in [7, 11) is -4.00. The Bertz CT molecular complexity index is 940. The molecule has 0 saturated heterocycles. The molecule has 0 radical (unpaired) electrons. The lowest BCUT2D eigenvalue weighted by Crippen LogP contribution is -2.26. The Balaban J connectivity index is 1.93. The Labute approximate surface area is 152 Å². The summed E-state index contributed by atoms with van der Waals surface area (Å²) in [6.45, 7) is 3.95. The molecular weight excluding hydrogens is 362 g/mol. The van der Waals surface area contributed by atoms with Crippen molar-refractivity contribution < 1.29 is 17.4 Å². The van der Waals surface area contributed by atoms with Crippen LogP contribution in [0.15, 0.2) is 41.3 Å². The number of carbonyl (C=O) groups is 1. The average molecular weight is 380 g/mol. The van der Waals surface area contributed by atoms with Crippen molar-refractivity contribution in [1.29, 1.82) is 0 Å². The van der Waals surface area contributed by atoms with Crippen molar-refractivity contribution in [1.82, 2.24) is 0 Å². The highest BCUT2D eigenvalue weighted by Gasteiger charge is 2.26. The Morgan fingerprint density at radius 2 is 2.00 bits per heavy atom. The monoisotopic (exact) mass is 379 g/mol. The maximum atomic E-state index is 12.6. The maximum Gasteiger partial charge on any atom is 0.339 e. The normalized spacial score (nSPS) is 13.6. The lowest BCUT2D eigenvalue weighted by atomic mass is 10.2. The summed E-state index contributed by atoms with van der Waals surface area (Å²) in [4.78, 5) is 13.3. The molecule has 1 aliphatic rings. The highest BCUT2D eigenvalue weighted by atomic mass is 35.5. The number of amides is 1. The fourth-order valence-electron chi connectivity index (χ4n) is 2.89. The smallest absolute Gasteiger partial charge is 0.339 e. The van der Waals surface area contributed by atoms with Gasteiger partial charge in [0.05, 0.1) is 0 Å². The van der Waals surface area contributed by atoms with Gasteiger partial charge in [-0.15, -0.1) is 0 Å². The number of rotatable bonds is 4.